The van der Waals surface area contributed by atoms with Crippen molar-refractivity contribution in [2.75, 3.05) is 20.2 Å². The van der Waals surface area contributed by atoms with E-state index >= 15 is 0 Å². The summed E-state index contributed by atoms with van der Waals surface area (Å²) < 4.78 is 5.33. The van der Waals surface area contributed by atoms with Crippen LogP contribution in [0, 0.1) is 0 Å². The van der Waals surface area contributed by atoms with E-state index in [9.17, 15) is 0 Å². The Kier molecular flexibility index (Phi) is 3.34. The first-order chi connectivity index (χ1) is 9.38. The van der Waals surface area contributed by atoms with Crippen LogP contribution >= 0.6 is 0 Å². The standard InChI is InChI=1S/C17H17NO/c1-19-16-9-5-8-14(10-16)17(15-11-18-12-15)13-6-3-2-4-7-13/h2-10,18H,11-12H2,1H3. The molecule has 1 heterocycles. The molecular formula is C17H17NO. The summed E-state index contributed by atoms with van der Waals surface area (Å²) in [5.41, 5.74) is 5.28. The number of hydrogen-bond donors (Lipinski definition) is 1. The van der Waals surface area contributed by atoms with Crippen molar-refractivity contribution in [2.45, 2.75) is 0 Å². The molecule has 0 amide bonds. The van der Waals surface area contributed by atoms with E-state index in [2.05, 4.69) is 47.8 Å². The summed E-state index contributed by atoms with van der Waals surface area (Å²) in [6, 6.07) is 18.8. The van der Waals surface area contributed by atoms with E-state index in [0.29, 0.717) is 0 Å². The molecule has 1 fully saturated rings. The van der Waals surface area contributed by atoms with Gasteiger partial charge in [0.1, 0.15) is 5.75 Å². The van der Waals surface area contributed by atoms with E-state index in [1.807, 2.05) is 12.1 Å². The highest BCUT2D eigenvalue weighted by molar-refractivity contribution is 5.83. The van der Waals surface area contributed by atoms with Crippen molar-refractivity contribution in [2.24, 2.45) is 0 Å². The largest absolute Gasteiger partial charge is 0.497 e. The van der Waals surface area contributed by atoms with Crippen molar-refractivity contribution >= 4 is 5.57 Å². The van der Waals surface area contributed by atoms with Crippen LogP contribution in [0.3, 0.4) is 0 Å². The first kappa shape index (κ1) is 12.0. The van der Waals surface area contributed by atoms with Crippen LogP contribution in [-0.2, 0) is 0 Å². The molecule has 1 saturated heterocycles. The third-order valence-corrected chi connectivity index (χ3v) is 3.45. The van der Waals surface area contributed by atoms with E-state index in [4.69, 9.17) is 4.74 Å². The monoisotopic (exact) mass is 251 g/mol. The minimum absolute atomic E-state index is 0.902. The first-order valence-electron chi connectivity index (χ1n) is 6.51. The molecule has 19 heavy (non-hydrogen) atoms. The summed E-state index contributed by atoms with van der Waals surface area (Å²) >= 11 is 0. The molecule has 0 radical (unpaired) electrons. The summed E-state index contributed by atoms with van der Waals surface area (Å²) in [5, 5.41) is 3.32. The van der Waals surface area contributed by atoms with Gasteiger partial charge in [0.25, 0.3) is 0 Å². The molecule has 0 aromatic heterocycles. The van der Waals surface area contributed by atoms with Crippen LogP contribution in [0.2, 0.25) is 0 Å². The molecule has 3 rings (SSSR count). The summed E-state index contributed by atoms with van der Waals surface area (Å²) in [5.74, 6) is 0.902. The lowest BCUT2D eigenvalue weighted by atomic mass is 9.90. The van der Waals surface area contributed by atoms with Gasteiger partial charge in [-0.15, -0.1) is 0 Å². The fourth-order valence-electron chi connectivity index (χ4n) is 2.39. The lowest BCUT2D eigenvalue weighted by molar-refractivity contribution is 0.414. The summed E-state index contributed by atoms with van der Waals surface area (Å²) in [6.07, 6.45) is 0. The van der Waals surface area contributed by atoms with Crippen molar-refractivity contribution < 1.29 is 4.74 Å². The SMILES string of the molecule is COc1cccc(C(=C2CNC2)c2ccccc2)c1. The second-order valence-electron chi connectivity index (χ2n) is 4.68. The normalized spacial score (nSPS) is 13.8. The van der Waals surface area contributed by atoms with Crippen LogP contribution in [0.4, 0.5) is 0 Å². The second kappa shape index (κ2) is 5.29. The predicted molar refractivity (Wildman–Crippen MR) is 78.3 cm³/mol. The number of benzene rings is 2. The van der Waals surface area contributed by atoms with E-state index in [1.165, 1.54) is 22.3 Å². The molecule has 2 aromatic rings. The lowest BCUT2D eigenvalue weighted by Crippen LogP contribution is -2.34. The summed E-state index contributed by atoms with van der Waals surface area (Å²) in [6.45, 7) is 1.95. The van der Waals surface area contributed by atoms with Crippen molar-refractivity contribution in [3.63, 3.8) is 0 Å². The molecular weight excluding hydrogens is 234 g/mol. The average Bonchev–Trinajstić information content (AvgIpc) is 2.43. The van der Waals surface area contributed by atoms with Crippen molar-refractivity contribution in [1.29, 1.82) is 0 Å². The topological polar surface area (TPSA) is 21.3 Å². The quantitative estimate of drug-likeness (QED) is 0.905. The third-order valence-electron chi connectivity index (χ3n) is 3.45. The molecule has 1 aliphatic heterocycles. The van der Waals surface area contributed by atoms with Crippen LogP contribution in [-0.4, -0.2) is 20.2 Å². The number of methoxy groups -OCH3 is 1. The third kappa shape index (κ3) is 2.40. The first-order valence-corrected chi connectivity index (χ1v) is 6.51. The Morgan fingerprint density at radius 2 is 1.68 bits per heavy atom. The van der Waals surface area contributed by atoms with Gasteiger partial charge in [0.2, 0.25) is 0 Å². The van der Waals surface area contributed by atoms with Gasteiger partial charge in [0, 0.05) is 13.1 Å². The van der Waals surface area contributed by atoms with Gasteiger partial charge in [0.15, 0.2) is 0 Å². The molecule has 2 nitrogen and oxygen atoms in total. The Morgan fingerprint density at radius 1 is 0.947 bits per heavy atom. The molecule has 0 saturated carbocycles. The van der Waals surface area contributed by atoms with Gasteiger partial charge in [-0.1, -0.05) is 42.5 Å². The molecule has 2 aromatic carbocycles. The molecule has 1 aliphatic rings. The van der Waals surface area contributed by atoms with E-state index < -0.39 is 0 Å². The maximum absolute atomic E-state index is 5.33. The maximum Gasteiger partial charge on any atom is 0.119 e. The zero-order valence-electron chi connectivity index (χ0n) is 11.0. The van der Waals surface area contributed by atoms with Gasteiger partial charge in [-0.25, -0.2) is 0 Å². The Balaban J connectivity index is 2.10. The minimum atomic E-state index is 0.902. The van der Waals surface area contributed by atoms with Crippen LogP contribution in [0.1, 0.15) is 11.1 Å². The van der Waals surface area contributed by atoms with E-state index in [-0.39, 0.29) is 0 Å². The number of hydrogen-bond acceptors (Lipinski definition) is 2. The Hall–Kier alpha value is -2.06. The van der Waals surface area contributed by atoms with Gasteiger partial charge in [-0.2, -0.15) is 0 Å². The number of ether oxygens (including phenoxy) is 1. The molecule has 2 heteroatoms. The van der Waals surface area contributed by atoms with Gasteiger partial charge in [0.05, 0.1) is 7.11 Å². The minimum Gasteiger partial charge on any atom is -0.497 e. The Bertz CT molecular complexity index is 596. The highest BCUT2D eigenvalue weighted by Gasteiger charge is 2.17. The predicted octanol–water partition coefficient (Wildman–Crippen LogP) is 3.10. The highest BCUT2D eigenvalue weighted by Crippen LogP contribution is 2.30. The molecule has 0 atom stereocenters. The van der Waals surface area contributed by atoms with Gasteiger partial charge in [-0.3, -0.25) is 0 Å². The molecule has 0 unspecified atom stereocenters. The van der Waals surface area contributed by atoms with Crippen LogP contribution in [0.5, 0.6) is 5.75 Å². The van der Waals surface area contributed by atoms with Crippen LogP contribution < -0.4 is 10.1 Å². The molecule has 0 spiro atoms. The van der Waals surface area contributed by atoms with Gasteiger partial charge in [-0.05, 0) is 34.4 Å². The van der Waals surface area contributed by atoms with Crippen LogP contribution in [0.15, 0.2) is 60.2 Å². The van der Waals surface area contributed by atoms with Crippen molar-refractivity contribution in [3.05, 3.63) is 71.3 Å². The van der Waals surface area contributed by atoms with E-state index in [0.717, 1.165) is 18.8 Å². The molecule has 0 aliphatic carbocycles. The van der Waals surface area contributed by atoms with Crippen molar-refractivity contribution in [3.8, 4) is 5.75 Å². The Labute approximate surface area is 113 Å². The zero-order chi connectivity index (χ0) is 13.1. The zero-order valence-corrected chi connectivity index (χ0v) is 11.0. The fraction of sp³-hybridized carbons (Fsp3) is 0.176. The number of nitrogens with one attached hydrogen (secondary N) is 1. The smallest absolute Gasteiger partial charge is 0.119 e. The maximum atomic E-state index is 5.33. The number of rotatable bonds is 3. The fourth-order valence-corrected chi connectivity index (χ4v) is 2.39. The van der Waals surface area contributed by atoms with Gasteiger partial charge >= 0.3 is 0 Å². The van der Waals surface area contributed by atoms with Crippen LogP contribution in [0.25, 0.3) is 5.57 Å². The molecule has 96 valence electrons. The Morgan fingerprint density at radius 3 is 2.32 bits per heavy atom. The summed E-state index contributed by atoms with van der Waals surface area (Å²) in [7, 11) is 1.71. The average molecular weight is 251 g/mol. The summed E-state index contributed by atoms with van der Waals surface area (Å²) in [4.78, 5) is 0. The lowest BCUT2D eigenvalue weighted by Gasteiger charge is -2.24. The molecule has 1 N–H and O–H groups in total. The van der Waals surface area contributed by atoms with Crippen molar-refractivity contribution in [1.82, 2.24) is 5.32 Å². The second-order valence-corrected chi connectivity index (χ2v) is 4.68. The van der Waals surface area contributed by atoms with Gasteiger partial charge < -0.3 is 10.1 Å². The molecule has 0 bridgehead atoms. The van der Waals surface area contributed by atoms with E-state index in [1.54, 1.807) is 7.11 Å². The highest BCUT2D eigenvalue weighted by atomic mass is 16.5.